The predicted octanol–water partition coefficient (Wildman–Crippen LogP) is 5.69. The second-order valence-corrected chi connectivity index (χ2v) is 8.48. The molecule has 1 atom stereocenters. The maximum atomic E-state index is 13.2. The van der Waals surface area contributed by atoms with E-state index >= 15 is 0 Å². The number of carbonyl (C=O) groups excluding carboxylic acids is 1. The van der Waals surface area contributed by atoms with Crippen LogP contribution in [0.2, 0.25) is 0 Å². The van der Waals surface area contributed by atoms with E-state index in [1.54, 1.807) is 0 Å². The summed E-state index contributed by atoms with van der Waals surface area (Å²) >= 11 is 0. The molecule has 0 spiro atoms. The van der Waals surface area contributed by atoms with Crippen LogP contribution in [-0.2, 0) is 6.54 Å². The van der Waals surface area contributed by atoms with Gasteiger partial charge in [-0.15, -0.1) is 0 Å². The largest absolute Gasteiger partial charge is 0.494 e. The maximum absolute atomic E-state index is 13.2. The summed E-state index contributed by atoms with van der Waals surface area (Å²) in [7, 11) is 0. The number of para-hydroxylation sites is 1. The molecule has 1 heterocycles. The number of nitrogens with one attached hydrogen (secondary N) is 1. The van der Waals surface area contributed by atoms with Gasteiger partial charge in [-0.3, -0.25) is 0 Å². The number of ether oxygens (including phenoxy) is 1. The van der Waals surface area contributed by atoms with E-state index < -0.39 is 0 Å². The summed E-state index contributed by atoms with van der Waals surface area (Å²) in [5.74, 6) is 0.862. The van der Waals surface area contributed by atoms with Crippen molar-refractivity contribution >= 4 is 11.7 Å². The van der Waals surface area contributed by atoms with E-state index in [-0.39, 0.29) is 6.03 Å². The molecule has 0 saturated carbocycles. The molecule has 0 radical (unpaired) electrons. The van der Waals surface area contributed by atoms with Gasteiger partial charge in [0.2, 0.25) is 0 Å². The number of amides is 2. The van der Waals surface area contributed by atoms with Crippen molar-refractivity contribution in [3.63, 3.8) is 0 Å². The number of urea groups is 1. The van der Waals surface area contributed by atoms with Gasteiger partial charge in [0.25, 0.3) is 0 Å². The Balaban J connectivity index is 1.64. The Hall–Kier alpha value is -2.53. The molecule has 2 aromatic rings. The molecule has 2 aromatic carbocycles. The first-order valence-electron chi connectivity index (χ1n) is 11.6. The zero-order valence-electron chi connectivity index (χ0n) is 19.3. The average Bonchev–Trinajstić information content (AvgIpc) is 2.77. The van der Waals surface area contributed by atoms with Crippen molar-refractivity contribution in [2.75, 3.05) is 31.6 Å². The topological polar surface area (TPSA) is 44.8 Å². The van der Waals surface area contributed by atoms with E-state index in [0.717, 1.165) is 42.1 Å². The highest BCUT2D eigenvalue weighted by molar-refractivity contribution is 5.90. The fraction of sp³-hybridized carbons (Fsp3) is 0.500. The van der Waals surface area contributed by atoms with Crippen LogP contribution in [-0.4, -0.2) is 48.1 Å². The molecule has 5 nitrogen and oxygen atoms in total. The molecule has 31 heavy (non-hydrogen) atoms. The van der Waals surface area contributed by atoms with Crippen LogP contribution >= 0.6 is 0 Å². The Morgan fingerprint density at radius 2 is 1.94 bits per heavy atom. The number of hydrogen-bond donors (Lipinski definition) is 1. The zero-order valence-corrected chi connectivity index (χ0v) is 19.3. The molecule has 168 valence electrons. The van der Waals surface area contributed by atoms with Crippen molar-refractivity contribution in [2.45, 2.75) is 59.0 Å². The smallest absolute Gasteiger partial charge is 0.322 e. The number of benzene rings is 2. The summed E-state index contributed by atoms with van der Waals surface area (Å²) in [6.07, 6.45) is 4.88. The van der Waals surface area contributed by atoms with Gasteiger partial charge in [-0.2, -0.15) is 0 Å². The minimum absolute atomic E-state index is 0.0464. The third-order valence-electron chi connectivity index (χ3n) is 6.10. The first-order valence-corrected chi connectivity index (χ1v) is 11.6. The monoisotopic (exact) mass is 423 g/mol. The Morgan fingerprint density at radius 1 is 1.16 bits per heavy atom. The van der Waals surface area contributed by atoms with Gasteiger partial charge in [-0.05, 0) is 75.9 Å². The minimum atomic E-state index is -0.0464. The van der Waals surface area contributed by atoms with Gasteiger partial charge < -0.3 is 19.9 Å². The third-order valence-corrected chi connectivity index (χ3v) is 6.10. The maximum Gasteiger partial charge on any atom is 0.322 e. The first kappa shape index (κ1) is 23.1. The molecule has 5 heteroatoms. The van der Waals surface area contributed by atoms with Gasteiger partial charge in [0.05, 0.1) is 6.61 Å². The molecule has 1 aliphatic rings. The molecule has 2 amide bonds. The SMILES string of the molecule is CCOc1ccc(CN(CCCN2CCCCC2C)C(=O)Nc2ccccc2C)cc1. The molecule has 0 aromatic heterocycles. The van der Waals surface area contributed by atoms with Gasteiger partial charge in [0, 0.05) is 31.4 Å². The highest BCUT2D eigenvalue weighted by Gasteiger charge is 2.19. The third kappa shape index (κ3) is 7.00. The molecule has 3 rings (SSSR count). The minimum Gasteiger partial charge on any atom is -0.494 e. The zero-order chi connectivity index (χ0) is 22.1. The van der Waals surface area contributed by atoms with Crippen molar-refractivity contribution < 1.29 is 9.53 Å². The second kappa shape index (κ2) is 11.8. The van der Waals surface area contributed by atoms with Crippen LogP contribution in [0.4, 0.5) is 10.5 Å². The van der Waals surface area contributed by atoms with Gasteiger partial charge in [0.15, 0.2) is 0 Å². The molecule has 1 N–H and O–H groups in total. The van der Waals surface area contributed by atoms with E-state index in [1.165, 1.54) is 25.8 Å². The average molecular weight is 424 g/mol. The van der Waals surface area contributed by atoms with Crippen LogP contribution in [0, 0.1) is 6.92 Å². The molecular formula is C26H37N3O2. The van der Waals surface area contributed by atoms with E-state index in [4.69, 9.17) is 4.74 Å². The summed E-state index contributed by atoms with van der Waals surface area (Å²) in [5, 5.41) is 3.11. The number of rotatable bonds is 9. The van der Waals surface area contributed by atoms with E-state index in [9.17, 15) is 4.79 Å². The molecule has 1 fully saturated rings. The Kier molecular flexibility index (Phi) is 8.77. The number of hydrogen-bond acceptors (Lipinski definition) is 3. The van der Waals surface area contributed by atoms with E-state index in [1.807, 2.05) is 67.3 Å². The number of nitrogens with zero attached hydrogens (tertiary/aromatic N) is 2. The molecule has 1 unspecified atom stereocenters. The normalized spacial score (nSPS) is 16.7. The van der Waals surface area contributed by atoms with Crippen molar-refractivity contribution in [2.24, 2.45) is 0 Å². The lowest BCUT2D eigenvalue weighted by Gasteiger charge is -2.34. The Labute approximate surface area is 187 Å². The quantitative estimate of drug-likeness (QED) is 0.563. The van der Waals surface area contributed by atoms with Gasteiger partial charge in [0.1, 0.15) is 5.75 Å². The first-order chi connectivity index (χ1) is 15.1. The van der Waals surface area contributed by atoms with Crippen LogP contribution in [0.15, 0.2) is 48.5 Å². The Bertz CT molecular complexity index is 822. The van der Waals surface area contributed by atoms with Crippen molar-refractivity contribution in [3.05, 3.63) is 59.7 Å². The lowest BCUT2D eigenvalue weighted by atomic mass is 10.0. The number of anilines is 1. The van der Waals surface area contributed by atoms with Crippen LogP contribution in [0.25, 0.3) is 0 Å². The lowest BCUT2D eigenvalue weighted by Crippen LogP contribution is -2.40. The summed E-state index contributed by atoms with van der Waals surface area (Å²) in [6, 6.07) is 16.6. The van der Waals surface area contributed by atoms with E-state index in [2.05, 4.69) is 17.1 Å². The number of aryl methyl sites for hydroxylation is 1. The predicted molar refractivity (Wildman–Crippen MR) is 128 cm³/mol. The van der Waals surface area contributed by atoms with Crippen LogP contribution in [0.3, 0.4) is 0 Å². The molecule has 1 aliphatic heterocycles. The van der Waals surface area contributed by atoms with Crippen molar-refractivity contribution in [1.82, 2.24) is 9.80 Å². The summed E-state index contributed by atoms with van der Waals surface area (Å²) in [6.45, 7) is 10.5. The van der Waals surface area contributed by atoms with Gasteiger partial charge in [-0.25, -0.2) is 4.79 Å². The fourth-order valence-electron chi connectivity index (χ4n) is 4.19. The van der Waals surface area contributed by atoms with Crippen molar-refractivity contribution in [1.29, 1.82) is 0 Å². The Morgan fingerprint density at radius 3 is 2.65 bits per heavy atom. The number of likely N-dealkylation sites (tertiary alicyclic amines) is 1. The highest BCUT2D eigenvalue weighted by Crippen LogP contribution is 2.19. The summed E-state index contributed by atoms with van der Waals surface area (Å²) in [5.41, 5.74) is 3.04. The number of carbonyl (C=O) groups is 1. The second-order valence-electron chi connectivity index (χ2n) is 8.48. The van der Waals surface area contributed by atoms with Crippen molar-refractivity contribution in [3.8, 4) is 5.75 Å². The van der Waals surface area contributed by atoms with Gasteiger partial charge >= 0.3 is 6.03 Å². The molecule has 0 aliphatic carbocycles. The highest BCUT2D eigenvalue weighted by atomic mass is 16.5. The van der Waals surface area contributed by atoms with Crippen LogP contribution in [0.1, 0.15) is 50.7 Å². The standard InChI is InChI=1S/C26H37N3O2/c1-4-31-24-15-13-23(14-16-24)20-29(19-9-18-28-17-8-7-11-22(28)3)26(30)27-25-12-6-5-10-21(25)2/h5-6,10,12-16,22H,4,7-9,11,17-20H2,1-3H3,(H,27,30). The van der Waals surface area contributed by atoms with Crippen LogP contribution in [0.5, 0.6) is 5.75 Å². The summed E-state index contributed by atoms with van der Waals surface area (Å²) < 4.78 is 5.55. The fourth-order valence-corrected chi connectivity index (χ4v) is 4.19. The lowest BCUT2D eigenvalue weighted by molar-refractivity contribution is 0.150. The molecular weight excluding hydrogens is 386 g/mol. The van der Waals surface area contributed by atoms with Gasteiger partial charge in [-0.1, -0.05) is 36.8 Å². The summed E-state index contributed by atoms with van der Waals surface area (Å²) in [4.78, 5) is 17.7. The van der Waals surface area contributed by atoms with E-state index in [0.29, 0.717) is 19.2 Å². The number of piperidine rings is 1. The molecule has 0 bridgehead atoms. The van der Waals surface area contributed by atoms with Crippen LogP contribution < -0.4 is 10.1 Å². The molecule has 1 saturated heterocycles.